The SMILES string of the molecule is CNC(c1ccc(C(C)C)cc1)C1CNCCO1. The first kappa shape index (κ1) is 13.5. The van der Waals surface area contributed by atoms with Gasteiger partial charge in [-0.1, -0.05) is 38.1 Å². The number of ether oxygens (including phenoxy) is 1. The first-order valence-electron chi connectivity index (χ1n) is 6.82. The molecule has 0 aromatic heterocycles. The van der Waals surface area contributed by atoms with E-state index >= 15 is 0 Å². The lowest BCUT2D eigenvalue weighted by molar-refractivity contribution is 0.00537. The Balaban J connectivity index is 2.11. The molecule has 1 aromatic rings. The van der Waals surface area contributed by atoms with Crippen LogP contribution in [0.3, 0.4) is 0 Å². The highest BCUT2D eigenvalue weighted by atomic mass is 16.5. The molecule has 2 unspecified atom stereocenters. The normalized spacial score (nSPS) is 22.1. The maximum Gasteiger partial charge on any atom is 0.0894 e. The van der Waals surface area contributed by atoms with E-state index in [9.17, 15) is 0 Å². The van der Waals surface area contributed by atoms with Crippen LogP contribution in [-0.4, -0.2) is 32.8 Å². The number of hydrogen-bond acceptors (Lipinski definition) is 3. The summed E-state index contributed by atoms with van der Waals surface area (Å²) in [6.45, 7) is 7.11. The highest BCUT2D eigenvalue weighted by Gasteiger charge is 2.24. The van der Waals surface area contributed by atoms with Crippen molar-refractivity contribution >= 4 is 0 Å². The molecule has 0 spiro atoms. The second-order valence-corrected chi connectivity index (χ2v) is 5.20. The number of likely N-dealkylation sites (N-methyl/N-ethyl adjacent to an activating group) is 1. The van der Waals surface area contributed by atoms with Crippen LogP contribution in [0.1, 0.15) is 36.9 Å². The van der Waals surface area contributed by atoms with E-state index in [4.69, 9.17) is 4.74 Å². The quantitative estimate of drug-likeness (QED) is 0.855. The van der Waals surface area contributed by atoms with E-state index in [1.54, 1.807) is 0 Å². The topological polar surface area (TPSA) is 33.3 Å². The monoisotopic (exact) mass is 248 g/mol. The van der Waals surface area contributed by atoms with Gasteiger partial charge in [-0.3, -0.25) is 0 Å². The predicted molar refractivity (Wildman–Crippen MR) is 74.9 cm³/mol. The highest BCUT2D eigenvalue weighted by molar-refractivity contribution is 5.27. The lowest BCUT2D eigenvalue weighted by atomic mass is 9.96. The molecule has 18 heavy (non-hydrogen) atoms. The lowest BCUT2D eigenvalue weighted by Crippen LogP contribution is -2.45. The van der Waals surface area contributed by atoms with E-state index in [-0.39, 0.29) is 12.1 Å². The summed E-state index contributed by atoms with van der Waals surface area (Å²) >= 11 is 0. The van der Waals surface area contributed by atoms with E-state index < -0.39 is 0 Å². The second kappa shape index (κ2) is 6.32. The minimum atomic E-state index is 0.216. The van der Waals surface area contributed by atoms with Gasteiger partial charge in [-0.25, -0.2) is 0 Å². The maximum atomic E-state index is 5.84. The van der Waals surface area contributed by atoms with Gasteiger partial charge < -0.3 is 15.4 Å². The summed E-state index contributed by atoms with van der Waals surface area (Å²) < 4.78 is 5.84. The van der Waals surface area contributed by atoms with Crippen LogP contribution in [0, 0.1) is 0 Å². The van der Waals surface area contributed by atoms with Crippen LogP contribution in [0.4, 0.5) is 0 Å². The minimum Gasteiger partial charge on any atom is -0.374 e. The van der Waals surface area contributed by atoms with E-state index in [2.05, 4.69) is 48.7 Å². The van der Waals surface area contributed by atoms with Crippen LogP contribution in [-0.2, 0) is 4.74 Å². The Kier molecular flexibility index (Phi) is 4.75. The molecule has 0 bridgehead atoms. The predicted octanol–water partition coefficient (Wildman–Crippen LogP) is 2.06. The highest BCUT2D eigenvalue weighted by Crippen LogP contribution is 2.22. The van der Waals surface area contributed by atoms with Gasteiger partial charge in [-0.05, 0) is 24.1 Å². The minimum absolute atomic E-state index is 0.216. The molecule has 1 heterocycles. The smallest absolute Gasteiger partial charge is 0.0894 e. The van der Waals surface area contributed by atoms with Crippen LogP contribution in [0.15, 0.2) is 24.3 Å². The lowest BCUT2D eigenvalue weighted by Gasteiger charge is -2.31. The third-order valence-electron chi connectivity index (χ3n) is 3.60. The van der Waals surface area contributed by atoms with Gasteiger partial charge in [0, 0.05) is 13.1 Å². The van der Waals surface area contributed by atoms with Crippen molar-refractivity contribution in [3.63, 3.8) is 0 Å². The Hall–Kier alpha value is -0.900. The molecule has 1 aromatic carbocycles. The Morgan fingerprint density at radius 3 is 2.39 bits per heavy atom. The molecule has 2 rings (SSSR count). The Morgan fingerprint density at radius 2 is 1.89 bits per heavy atom. The molecule has 2 atom stereocenters. The van der Waals surface area contributed by atoms with Crippen molar-refractivity contribution in [2.75, 3.05) is 26.7 Å². The van der Waals surface area contributed by atoms with Crippen molar-refractivity contribution in [2.24, 2.45) is 0 Å². The van der Waals surface area contributed by atoms with Crippen LogP contribution in [0.5, 0.6) is 0 Å². The summed E-state index contributed by atoms with van der Waals surface area (Å²) in [7, 11) is 2.00. The number of hydrogen-bond donors (Lipinski definition) is 2. The van der Waals surface area contributed by atoms with E-state index in [0.29, 0.717) is 5.92 Å². The van der Waals surface area contributed by atoms with Gasteiger partial charge in [0.2, 0.25) is 0 Å². The molecule has 1 aliphatic rings. The molecule has 0 amide bonds. The van der Waals surface area contributed by atoms with Crippen molar-refractivity contribution in [3.8, 4) is 0 Å². The van der Waals surface area contributed by atoms with Crippen LogP contribution < -0.4 is 10.6 Å². The molecule has 1 saturated heterocycles. The van der Waals surface area contributed by atoms with Crippen molar-refractivity contribution in [3.05, 3.63) is 35.4 Å². The molecule has 0 radical (unpaired) electrons. The molecular weight excluding hydrogens is 224 g/mol. The summed E-state index contributed by atoms with van der Waals surface area (Å²) in [6, 6.07) is 9.14. The third-order valence-corrected chi connectivity index (χ3v) is 3.60. The van der Waals surface area contributed by atoms with Crippen LogP contribution in [0.25, 0.3) is 0 Å². The average Bonchev–Trinajstić information content (AvgIpc) is 2.41. The fraction of sp³-hybridized carbons (Fsp3) is 0.600. The molecule has 1 fully saturated rings. The summed E-state index contributed by atoms with van der Waals surface area (Å²) in [6.07, 6.45) is 0.216. The molecule has 1 aliphatic heterocycles. The number of rotatable bonds is 4. The molecule has 100 valence electrons. The van der Waals surface area contributed by atoms with Crippen molar-refractivity contribution < 1.29 is 4.74 Å². The van der Waals surface area contributed by atoms with E-state index in [1.807, 2.05) is 7.05 Å². The number of morpholine rings is 1. The average molecular weight is 248 g/mol. The number of benzene rings is 1. The summed E-state index contributed by atoms with van der Waals surface area (Å²) in [4.78, 5) is 0. The molecule has 3 heteroatoms. The fourth-order valence-electron chi connectivity index (χ4n) is 2.46. The maximum absolute atomic E-state index is 5.84. The van der Waals surface area contributed by atoms with Gasteiger partial charge in [0.15, 0.2) is 0 Å². The van der Waals surface area contributed by atoms with Gasteiger partial charge in [-0.15, -0.1) is 0 Å². The van der Waals surface area contributed by atoms with Gasteiger partial charge in [-0.2, -0.15) is 0 Å². The molecule has 2 N–H and O–H groups in total. The summed E-state index contributed by atoms with van der Waals surface area (Å²) in [5.74, 6) is 0.583. The van der Waals surface area contributed by atoms with Gasteiger partial charge >= 0.3 is 0 Å². The first-order chi connectivity index (χ1) is 8.72. The Bertz CT molecular complexity index is 355. The molecule has 3 nitrogen and oxygen atoms in total. The third kappa shape index (κ3) is 3.10. The zero-order chi connectivity index (χ0) is 13.0. The van der Waals surface area contributed by atoms with Crippen LogP contribution in [0.2, 0.25) is 0 Å². The van der Waals surface area contributed by atoms with Gasteiger partial charge in [0.25, 0.3) is 0 Å². The fourth-order valence-corrected chi connectivity index (χ4v) is 2.46. The zero-order valence-corrected chi connectivity index (χ0v) is 11.6. The summed E-state index contributed by atoms with van der Waals surface area (Å²) in [5, 5.41) is 6.76. The Labute approximate surface area is 110 Å². The largest absolute Gasteiger partial charge is 0.374 e. The molecule has 0 aliphatic carbocycles. The van der Waals surface area contributed by atoms with Crippen molar-refractivity contribution in [2.45, 2.75) is 31.9 Å². The summed E-state index contributed by atoms with van der Waals surface area (Å²) in [5.41, 5.74) is 2.69. The standard InChI is InChI=1S/C15H24N2O/c1-11(2)12-4-6-13(7-5-12)15(16-3)14-10-17-8-9-18-14/h4-7,11,14-17H,8-10H2,1-3H3. The van der Waals surface area contributed by atoms with E-state index in [0.717, 1.165) is 19.7 Å². The van der Waals surface area contributed by atoms with Gasteiger partial charge in [0.1, 0.15) is 0 Å². The van der Waals surface area contributed by atoms with Crippen LogP contribution >= 0.6 is 0 Å². The first-order valence-corrected chi connectivity index (χ1v) is 6.82. The van der Waals surface area contributed by atoms with E-state index in [1.165, 1.54) is 11.1 Å². The van der Waals surface area contributed by atoms with Crippen molar-refractivity contribution in [1.29, 1.82) is 0 Å². The molecule has 0 saturated carbocycles. The Morgan fingerprint density at radius 1 is 1.22 bits per heavy atom. The van der Waals surface area contributed by atoms with Crippen molar-refractivity contribution in [1.82, 2.24) is 10.6 Å². The van der Waals surface area contributed by atoms with Gasteiger partial charge in [0.05, 0.1) is 18.8 Å². The zero-order valence-electron chi connectivity index (χ0n) is 11.6. The number of nitrogens with one attached hydrogen (secondary N) is 2. The second-order valence-electron chi connectivity index (χ2n) is 5.20. The molecular formula is C15H24N2O.